The molecule has 4 aliphatic carbocycles. The van der Waals surface area contributed by atoms with Crippen LogP contribution >= 0.6 is 0 Å². The van der Waals surface area contributed by atoms with E-state index in [2.05, 4.69) is 73.3 Å². The topological polar surface area (TPSA) is 17.8 Å². The van der Waals surface area contributed by atoms with Gasteiger partial charge in [-0.25, -0.2) is 0 Å². The van der Waals surface area contributed by atoms with E-state index < -0.39 is 0 Å². The van der Waals surface area contributed by atoms with Gasteiger partial charge in [0, 0.05) is 18.7 Å². The van der Waals surface area contributed by atoms with Crippen molar-refractivity contribution in [2.45, 2.75) is 125 Å². The van der Waals surface area contributed by atoms with E-state index in [1.807, 2.05) is 11.1 Å². The van der Waals surface area contributed by atoms with E-state index in [1.54, 1.807) is 0 Å². The summed E-state index contributed by atoms with van der Waals surface area (Å²) in [5, 5.41) is 4.97. The first-order valence-electron chi connectivity index (χ1n) is 14.6. The zero-order valence-electron chi connectivity index (χ0n) is 23.9. The van der Waals surface area contributed by atoms with Crippen LogP contribution in [0.4, 0.5) is 0 Å². The molecule has 0 aromatic carbocycles. The van der Waals surface area contributed by atoms with E-state index in [0.717, 1.165) is 17.8 Å². The van der Waals surface area contributed by atoms with E-state index in [4.69, 9.17) is 5.10 Å². The highest BCUT2D eigenvalue weighted by molar-refractivity contribution is 5.44. The summed E-state index contributed by atoms with van der Waals surface area (Å²) in [5.74, 6) is 3.32. The predicted octanol–water partition coefficient (Wildman–Crippen LogP) is 8.65. The summed E-state index contributed by atoms with van der Waals surface area (Å²) in [6.07, 6.45) is 16.1. The zero-order chi connectivity index (χ0) is 24.7. The highest BCUT2D eigenvalue weighted by Gasteiger charge is 2.63. The number of hydrogen-bond acceptors (Lipinski definition) is 1. The second-order valence-corrected chi connectivity index (χ2v) is 14.7. The first-order valence-corrected chi connectivity index (χ1v) is 14.6. The number of allylic oxidation sites excluding steroid dienone is 2. The smallest absolute Gasteiger partial charge is 0.0715 e. The second-order valence-electron chi connectivity index (χ2n) is 14.7. The molecule has 2 heteroatoms. The standard InChI is InChI=1S/C32H52N2/c1-21(2)11-10-12-22(3)24-15-17-32(8)26-13-14-27-29(4,5)28-23(20-34(9)33-28)19-30(27,6)25(26)16-18-31(24,32)7/h20-22,24,27H,10-19H2,1-9H3. The van der Waals surface area contributed by atoms with Crippen molar-refractivity contribution in [3.8, 4) is 0 Å². The van der Waals surface area contributed by atoms with Gasteiger partial charge in [0.1, 0.15) is 0 Å². The van der Waals surface area contributed by atoms with Crippen LogP contribution in [0, 0.1) is 39.9 Å². The Bertz CT molecular complexity index is 979. The van der Waals surface area contributed by atoms with Gasteiger partial charge in [-0.1, -0.05) is 85.8 Å². The second kappa shape index (κ2) is 7.97. The van der Waals surface area contributed by atoms with E-state index >= 15 is 0 Å². The Morgan fingerprint density at radius 1 is 0.971 bits per heavy atom. The van der Waals surface area contributed by atoms with Crippen molar-refractivity contribution in [2.75, 3.05) is 0 Å². The van der Waals surface area contributed by atoms with Crippen LogP contribution in [0.2, 0.25) is 0 Å². The van der Waals surface area contributed by atoms with E-state index in [1.165, 1.54) is 75.5 Å². The van der Waals surface area contributed by atoms with Crippen molar-refractivity contribution >= 4 is 0 Å². The Morgan fingerprint density at radius 3 is 2.41 bits per heavy atom. The molecule has 0 bridgehead atoms. The molecule has 0 saturated heterocycles. The fraction of sp³-hybridized carbons (Fsp3) is 0.844. The molecule has 190 valence electrons. The maximum Gasteiger partial charge on any atom is 0.0715 e. The summed E-state index contributed by atoms with van der Waals surface area (Å²) in [7, 11) is 2.11. The van der Waals surface area contributed by atoms with E-state index in [0.29, 0.717) is 22.2 Å². The van der Waals surface area contributed by atoms with Crippen molar-refractivity contribution in [1.29, 1.82) is 0 Å². The molecule has 2 nitrogen and oxygen atoms in total. The lowest BCUT2D eigenvalue weighted by molar-refractivity contribution is 0.0136. The Morgan fingerprint density at radius 2 is 1.71 bits per heavy atom. The van der Waals surface area contributed by atoms with Crippen LogP contribution in [0.25, 0.3) is 0 Å². The van der Waals surface area contributed by atoms with Crippen molar-refractivity contribution in [3.05, 3.63) is 28.6 Å². The van der Waals surface area contributed by atoms with Gasteiger partial charge in [0.25, 0.3) is 0 Å². The largest absolute Gasteiger partial charge is 0.275 e. The van der Waals surface area contributed by atoms with Crippen LogP contribution in [0.3, 0.4) is 0 Å². The van der Waals surface area contributed by atoms with Crippen LogP contribution in [0.1, 0.15) is 124 Å². The SMILES string of the molecule is CC(C)CCCC(C)C1CCC2(C)C3=C(CCC12C)C1(C)Cc2cn(C)nc2C(C)(C)C1CC3. The zero-order valence-corrected chi connectivity index (χ0v) is 23.9. The van der Waals surface area contributed by atoms with Gasteiger partial charge in [0.2, 0.25) is 0 Å². The lowest BCUT2D eigenvalue weighted by atomic mass is 9.43. The minimum atomic E-state index is 0.160. The fourth-order valence-electron chi connectivity index (χ4n) is 10.3. The maximum absolute atomic E-state index is 4.97. The Labute approximate surface area is 210 Å². The molecule has 0 amide bonds. The fourth-order valence-corrected chi connectivity index (χ4v) is 10.3. The molecule has 1 saturated carbocycles. The van der Waals surface area contributed by atoms with Crippen LogP contribution in [0.15, 0.2) is 17.3 Å². The van der Waals surface area contributed by atoms with Crippen LogP contribution in [0.5, 0.6) is 0 Å². The molecule has 1 aromatic heterocycles. The summed E-state index contributed by atoms with van der Waals surface area (Å²) in [6.45, 7) is 20.4. The quantitative estimate of drug-likeness (QED) is 0.399. The number of hydrogen-bond donors (Lipinski definition) is 0. The van der Waals surface area contributed by atoms with Gasteiger partial charge in [0.05, 0.1) is 5.69 Å². The lowest BCUT2D eigenvalue weighted by Crippen LogP contribution is -2.53. The third-order valence-electron chi connectivity index (χ3n) is 12.2. The molecule has 34 heavy (non-hydrogen) atoms. The van der Waals surface area contributed by atoms with Crippen LogP contribution in [-0.2, 0) is 18.9 Å². The molecule has 5 rings (SSSR count). The minimum absolute atomic E-state index is 0.160. The molecule has 1 fully saturated rings. The normalized spacial score (nSPS) is 39.5. The van der Waals surface area contributed by atoms with Crippen LogP contribution < -0.4 is 0 Å². The Balaban J connectivity index is 1.49. The maximum atomic E-state index is 4.97. The molecule has 0 radical (unpaired) electrons. The van der Waals surface area contributed by atoms with Gasteiger partial charge < -0.3 is 0 Å². The first kappa shape index (κ1) is 24.6. The Kier molecular flexibility index (Phi) is 5.78. The van der Waals surface area contributed by atoms with Gasteiger partial charge in [-0.2, -0.15) is 5.10 Å². The first-order chi connectivity index (χ1) is 15.8. The summed E-state index contributed by atoms with van der Waals surface area (Å²) in [4.78, 5) is 0. The van der Waals surface area contributed by atoms with Gasteiger partial charge in [-0.3, -0.25) is 4.68 Å². The van der Waals surface area contributed by atoms with Crippen molar-refractivity contribution in [2.24, 2.45) is 47.0 Å². The number of aromatic nitrogens is 2. The molecule has 6 unspecified atom stereocenters. The Hall–Kier alpha value is -1.05. The summed E-state index contributed by atoms with van der Waals surface area (Å²) in [6, 6.07) is 0. The number of nitrogens with zero attached hydrogens (tertiary/aromatic N) is 2. The summed E-state index contributed by atoms with van der Waals surface area (Å²) < 4.78 is 2.07. The van der Waals surface area contributed by atoms with Gasteiger partial charge in [0.15, 0.2) is 0 Å². The lowest BCUT2D eigenvalue weighted by Gasteiger charge is -2.60. The van der Waals surface area contributed by atoms with Gasteiger partial charge >= 0.3 is 0 Å². The number of rotatable bonds is 5. The van der Waals surface area contributed by atoms with Crippen LogP contribution in [-0.4, -0.2) is 9.78 Å². The highest BCUT2D eigenvalue weighted by atomic mass is 15.3. The third kappa shape index (κ3) is 3.28. The average molecular weight is 465 g/mol. The summed E-state index contributed by atoms with van der Waals surface area (Å²) in [5.41, 5.74) is 8.05. The predicted molar refractivity (Wildman–Crippen MR) is 144 cm³/mol. The summed E-state index contributed by atoms with van der Waals surface area (Å²) >= 11 is 0. The highest BCUT2D eigenvalue weighted by Crippen LogP contribution is 2.72. The van der Waals surface area contributed by atoms with Crippen molar-refractivity contribution in [1.82, 2.24) is 9.78 Å². The molecule has 0 N–H and O–H groups in total. The number of aryl methyl sites for hydroxylation is 1. The van der Waals surface area contributed by atoms with Crippen molar-refractivity contribution in [3.63, 3.8) is 0 Å². The van der Waals surface area contributed by atoms with Crippen molar-refractivity contribution < 1.29 is 0 Å². The monoisotopic (exact) mass is 464 g/mol. The molecule has 1 heterocycles. The molecule has 1 aromatic rings. The molecule has 0 aliphatic heterocycles. The average Bonchev–Trinajstić information content (AvgIpc) is 3.24. The molecular formula is C32H52N2. The van der Waals surface area contributed by atoms with Gasteiger partial charge in [-0.15, -0.1) is 0 Å². The molecule has 6 atom stereocenters. The van der Waals surface area contributed by atoms with Gasteiger partial charge in [-0.05, 0) is 90.4 Å². The molecule has 0 spiro atoms. The minimum Gasteiger partial charge on any atom is -0.275 e. The third-order valence-corrected chi connectivity index (χ3v) is 12.2. The van der Waals surface area contributed by atoms with E-state index in [-0.39, 0.29) is 5.41 Å². The van der Waals surface area contributed by atoms with E-state index in [9.17, 15) is 0 Å². The number of fused-ring (bicyclic) bond motifs is 5. The molecule has 4 aliphatic rings. The molecular weight excluding hydrogens is 412 g/mol.